The van der Waals surface area contributed by atoms with E-state index >= 15 is 0 Å². The molecule has 0 fully saturated rings. The summed E-state index contributed by atoms with van der Waals surface area (Å²) in [7, 11) is 0. The number of nitrogens with one attached hydrogen (secondary N) is 1. The highest BCUT2D eigenvalue weighted by atomic mass is 35.5. The number of hydrogen-bond donors (Lipinski definition) is 1. The fourth-order valence-electron chi connectivity index (χ4n) is 2.41. The standard InChI is InChI=1S/C18H19ClN2O2/c1-4-22-16-10-12(9-13(19)17(16)23-11(2)3)18-20-14-7-5-6-8-15(14)21-18/h5-11H,4H2,1-3H3,(H,20,21). The molecule has 0 spiro atoms. The smallest absolute Gasteiger partial charge is 0.180 e. The van der Waals surface area contributed by atoms with Crippen molar-refractivity contribution in [1.82, 2.24) is 9.97 Å². The Balaban J connectivity index is 2.08. The lowest BCUT2D eigenvalue weighted by atomic mass is 10.2. The van der Waals surface area contributed by atoms with Crippen molar-refractivity contribution in [2.75, 3.05) is 6.61 Å². The summed E-state index contributed by atoms with van der Waals surface area (Å²) in [5.41, 5.74) is 2.77. The Labute approximate surface area is 140 Å². The summed E-state index contributed by atoms with van der Waals surface area (Å²) in [4.78, 5) is 7.91. The molecular formula is C18H19ClN2O2. The molecule has 2 aromatic carbocycles. The van der Waals surface area contributed by atoms with Gasteiger partial charge in [-0.2, -0.15) is 0 Å². The second-order valence-corrected chi connectivity index (χ2v) is 5.89. The minimum Gasteiger partial charge on any atom is -0.490 e. The van der Waals surface area contributed by atoms with Crippen LogP contribution in [0.2, 0.25) is 5.02 Å². The molecule has 0 atom stereocenters. The monoisotopic (exact) mass is 330 g/mol. The van der Waals surface area contributed by atoms with Gasteiger partial charge in [0.1, 0.15) is 5.82 Å². The van der Waals surface area contributed by atoms with Crippen molar-refractivity contribution < 1.29 is 9.47 Å². The number of rotatable bonds is 5. The van der Waals surface area contributed by atoms with Gasteiger partial charge in [0, 0.05) is 5.56 Å². The van der Waals surface area contributed by atoms with Gasteiger partial charge in [-0.1, -0.05) is 23.7 Å². The third kappa shape index (κ3) is 3.27. The highest BCUT2D eigenvalue weighted by Gasteiger charge is 2.16. The predicted octanol–water partition coefficient (Wildman–Crippen LogP) is 5.07. The third-order valence-corrected chi connectivity index (χ3v) is 3.61. The van der Waals surface area contributed by atoms with Crippen LogP contribution in [0.5, 0.6) is 11.5 Å². The first-order valence-corrected chi connectivity index (χ1v) is 8.04. The van der Waals surface area contributed by atoms with Gasteiger partial charge in [0.15, 0.2) is 11.5 Å². The van der Waals surface area contributed by atoms with Gasteiger partial charge in [-0.15, -0.1) is 0 Å². The summed E-state index contributed by atoms with van der Waals surface area (Å²) in [6, 6.07) is 11.7. The van der Waals surface area contributed by atoms with Crippen LogP contribution >= 0.6 is 11.6 Å². The Morgan fingerprint density at radius 3 is 2.70 bits per heavy atom. The number of ether oxygens (including phenoxy) is 2. The first-order chi connectivity index (χ1) is 11.1. The van der Waals surface area contributed by atoms with Crippen LogP contribution in [0, 0.1) is 0 Å². The molecule has 0 saturated heterocycles. The summed E-state index contributed by atoms with van der Waals surface area (Å²) in [6.45, 7) is 6.38. The summed E-state index contributed by atoms with van der Waals surface area (Å²) in [5, 5.41) is 0.514. The van der Waals surface area contributed by atoms with Crippen molar-refractivity contribution in [3.05, 3.63) is 41.4 Å². The SMILES string of the molecule is CCOc1cc(-c2nc3ccccc3[nH]2)cc(Cl)c1OC(C)C. The number of halogens is 1. The van der Waals surface area contributed by atoms with Gasteiger partial charge in [-0.05, 0) is 45.0 Å². The molecule has 4 nitrogen and oxygen atoms in total. The average molecular weight is 331 g/mol. The topological polar surface area (TPSA) is 47.1 Å². The lowest BCUT2D eigenvalue weighted by Gasteiger charge is -2.16. The van der Waals surface area contributed by atoms with Gasteiger partial charge >= 0.3 is 0 Å². The van der Waals surface area contributed by atoms with E-state index in [-0.39, 0.29) is 6.10 Å². The second kappa shape index (κ2) is 6.50. The summed E-state index contributed by atoms with van der Waals surface area (Å²) in [6.07, 6.45) is 0.0174. The maximum absolute atomic E-state index is 6.42. The molecule has 0 aliphatic carbocycles. The first kappa shape index (κ1) is 15.7. The molecular weight excluding hydrogens is 312 g/mol. The van der Waals surface area contributed by atoms with Gasteiger partial charge in [-0.25, -0.2) is 4.98 Å². The molecule has 0 unspecified atom stereocenters. The Hall–Kier alpha value is -2.20. The molecule has 0 amide bonds. The molecule has 5 heteroatoms. The maximum atomic E-state index is 6.42. The second-order valence-electron chi connectivity index (χ2n) is 5.49. The summed E-state index contributed by atoms with van der Waals surface area (Å²) < 4.78 is 11.5. The number of nitrogens with zero attached hydrogens (tertiary/aromatic N) is 1. The van der Waals surface area contributed by atoms with Crippen LogP contribution in [-0.2, 0) is 0 Å². The Morgan fingerprint density at radius 2 is 2.00 bits per heavy atom. The third-order valence-electron chi connectivity index (χ3n) is 3.33. The largest absolute Gasteiger partial charge is 0.490 e. The van der Waals surface area contributed by atoms with Crippen LogP contribution < -0.4 is 9.47 Å². The minimum absolute atomic E-state index is 0.0174. The molecule has 1 N–H and O–H groups in total. The van der Waals surface area contributed by atoms with Crippen molar-refractivity contribution in [1.29, 1.82) is 0 Å². The van der Waals surface area contributed by atoms with E-state index in [2.05, 4.69) is 9.97 Å². The summed E-state index contributed by atoms with van der Waals surface area (Å²) >= 11 is 6.42. The maximum Gasteiger partial charge on any atom is 0.180 e. The number of fused-ring (bicyclic) bond motifs is 1. The normalized spacial score (nSPS) is 11.2. The fraction of sp³-hybridized carbons (Fsp3) is 0.278. The molecule has 1 heterocycles. The van der Waals surface area contributed by atoms with Crippen molar-refractivity contribution in [2.24, 2.45) is 0 Å². The number of benzene rings is 2. The first-order valence-electron chi connectivity index (χ1n) is 7.66. The number of hydrogen-bond acceptors (Lipinski definition) is 3. The molecule has 3 rings (SSSR count). The highest BCUT2D eigenvalue weighted by Crippen LogP contribution is 2.40. The quantitative estimate of drug-likeness (QED) is 0.710. The van der Waals surface area contributed by atoms with E-state index in [0.717, 1.165) is 22.4 Å². The van der Waals surface area contributed by atoms with E-state index < -0.39 is 0 Å². The molecule has 0 aliphatic heterocycles. The van der Waals surface area contributed by atoms with Crippen molar-refractivity contribution in [3.8, 4) is 22.9 Å². The van der Waals surface area contributed by atoms with Crippen LogP contribution in [-0.4, -0.2) is 22.7 Å². The highest BCUT2D eigenvalue weighted by molar-refractivity contribution is 6.32. The molecule has 0 saturated carbocycles. The van der Waals surface area contributed by atoms with Gasteiger partial charge in [0.25, 0.3) is 0 Å². The van der Waals surface area contributed by atoms with Gasteiger partial charge in [0.05, 0.1) is 28.8 Å². The molecule has 1 aromatic heterocycles. The van der Waals surface area contributed by atoms with E-state index in [0.29, 0.717) is 23.1 Å². The predicted molar refractivity (Wildman–Crippen MR) is 93.5 cm³/mol. The van der Waals surface area contributed by atoms with Crippen LogP contribution in [0.25, 0.3) is 22.4 Å². The van der Waals surface area contributed by atoms with E-state index in [4.69, 9.17) is 21.1 Å². The lowest BCUT2D eigenvalue weighted by molar-refractivity contribution is 0.224. The van der Waals surface area contributed by atoms with Gasteiger partial charge in [0.2, 0.25) is 0 Å². The number of H-pyrrole nitrogens is 1. The molecule has 0 bridgehead atoms. The van der Waals surface area contributed by atoms with Crippen molar-refractivity contribution >= 4 is 22.6 Å². The number of imidazole rings is 1. The van der Waals surface area contributed by atoms with Crippen molar-refractivity contribution in [3.63, 3.8) is 0 Å². The van der Waals surface area contributed by atoms with Crippen LogP contribution in [0.4, 0.5) is 0 Å². The molecule has 0 radical (unpaired) electrons. The Morgan fingerprint density at radius 1 is 1.22 bits per heavy atom. The number of aromatic nitrogens is 2. The molecule has 23 heavy (non-hydrogen) atoms. The molecule has 3 aromatic rings. The van der Waals surface area contributed by atoms with E-state index in [9.17, 15) is 0 Å². The van der Waals surface area contributed by atoms with Crippen molar-refractivity contribution in [2.45, 2.75) is 26.9 Å². The van der Waals surface area contributed by atoms with Gasteiger partial charge < -0.3 is 14.5 Å². The number of aromatic amines is 1. The minimum atomic E-state index is 0.0174. The zero-order valence-electron chi connectivity index (χ0n) is 13.4. The lowest BCUT2D eigenvalue weighted by Crippen LogP contribution is -2.08. The number of para-hydroxylation sites is 2. The molecule has 0 aliphatic rings. The average Bonchev–Trinajstić information content (AvgIpc) is 2.94. The van der Waals surface area contributed by atoms with Crippen LogP contribution in [0.1, 0.15) is 20.8 Å². The van der Waals surface area contributed by atoms with E-state index in [1.807, 2.05) is 57.2 Å². The van der Waals surface area contributed by atoms with E-state index in [1.54, 1.807) is 0 Å². The van der Waals surface area contributed by atoms with Crippen LogP contribution in [0.15, 0.2) is 36.4 Å². The zero-order chi connectivity index (χ0) is 16.4. The molecule has 120 valence electrons. The fourth-order valence-corrected chi connectivity index (χ4v) is 2.66. The van der Waals surface area contributed by atoms with E-state index in [1.165, 1.54) is 0 Å². The van der Waals surface area contributed by atoms with Crippen LogP contribution in [0.3, 0.4) is 0 Å². The Kier molecular flexibility index (Phi) is 4.44. The Bertz CT molecular complexity index is 794. The zero-order valence-corrected chi connectivity index (χ0v) is 14.1. The van der Waals surface area contributed by atoms with Gasteiger partial charge in [-0.3, -0.25) is 0 Å². The summed E-state index contributed by atoms with van der Waals surface area (Å²) in [5.74, 6) is 1.96.